The number of carbonyl (C=O) groups is 3. The van der Waals surface area contributed by atoms with Gasteiger partial charge < -0.3 is 9.90 Å². The number of aliphatic carboxylic acids is 1. The molecule has 1 rings (SSSR count). The predicted molar refractivity (Wildman–Crippen MR) is 57.1 cm³/mol. The lowest BCUT2D eigenvalue weighted by Gasteiger charge is -2.16. The maximum atomic E-state index is 11.2. The molecule has 0 aromatic heterocycles. The summed E-state index contributed by atoms with van der Waals surface area (Å²) in [6, 6.07) is 8.43. The summed E-state index contributed by atoms with van der Waals surface area (Å²) >= 11 is 0. The Balaban J connectivity index is 3.10. The first-order chi connectivity index (χ1) is 7.57. The van der Waals surface area contributed by atoms with Crippen LogP contribution < -0.4 is 0 Å². The SMILES string of the molecule is CC(=O)C(C(=O)O)C(C=O)c1ccccc1. The summed E-state index contributed by atoms with van der Waals surface area (Å²) in [6.07, 6.45) is 0.509. The van der Waals surface area contributed by atoms with Gasteiger partial charge in [-0.3, -0.25) is 9.59 Å². The summed E-state index contributed by atoms with van der Waals surface area (Å²) in [5.41, 5.74) is 0.542. The lowest BCUT2D eigenvalue weighted by atomic mass is 9.85. The zero-order valence-electron chi connectivity index (χ0n) is 8.79. The number of hydrogen-bond acceptors (Lipinski definition) is 3. The van der Waals surface area contributed by atoms with Gasteiger partial charge in [0, 0.05) is 0 Å². The van der Waals surface area contributed by atoms with E-state index in [0.29, 0.717) is 11.8 Å². The van der Waals surface area contributed by atoms with Crippen LogP contribution in [0, 0.1) is 5.92 Å². The van der Waals surface area contributed by atoms with Gasteiger partial charge in [0.15, 0.2) is 0 Å². The Labute approximate surface area is 92.9 Å². The van der Waals surface area contributed by atoms with E-state index in [1.54, 1.807) is 30.3 Å². The van der Waals surface area contributed by atoms with Crippen molar-refractivity contribution in [3.8, 4) is 0 Å². The molecule has 0 aliphatic heterocycles. The molecule has 2 atom stereocenters. The first kappa shape index (κ1) is 12.1. The quantitative estimate of drug-likeness (QED) is 0.599. The molecule has 84 valence electrons. The number of carbonyl (C=O) groups excluding carboxylic acids is 2. The molecule has 0 spiro atoms. The number of benzene rings is 1. The molecule has 0 saturated heterocycles. The number of aldehydes is 1. The van der Waals surface area contributed by atoms with Crippen LogP contribution in [0.15, 0.2) is 30.3 Å². The van der Waals surface area contributed by atoms with Crippen LogP contribution in [0.25, 0.3) is 0 Å². The highest BCUT2D eigenvalue weighted by Gasteiger charge is 2.32. The van der Waals surface area contributed by atoms with Crippen molar-refractivity contribution < 1.29 is 19.5 Å². The summed E-state index contributed by atoms with van der Waals surface area (Å²) < 4.78 is 0. The molecular formula is C12H12O4. The van der Waals surface area contributed by atoms with Gasteiger partial charge in [0.25, 0.3) is 0 Å². The molecule has 4 heteroatoms. The lowest BCUT2D eigenvalue weighted by Crippen LogP contribution is -2.29. The number of carboxylic acid groups (broad SMARTS) is 1. The molecule has 4 nitrogen and oxygen atoms in total. The summed E-state index contributed by atoms with van der Waals surface area (Å²) in [5.74, 6) is -4.02. The first-order valence-electron chi connectivity index (χ1n) is 4.81. The molecule has 0 aliphatic carbocycles. The predicted octanol–water partition coefficient (Wildman–Crippen LogP) is 1.26. The number of hydrogen-bond donors (Lipinski definition) is 1. The molecule has 0 amide bonds. The van der Waals surface area contributed by atoms with Gasteiger partial charge in [-0.15, -0.1) is 0 Å². The monoisotopic (exact) mass is 220 g/mol. The van der Waals surface area contributed by atoms with Gasteiger partial charge in [-0.1, -0.05) is 30.3 Å². The Morgan fingerprint density at radius 1 is 1.25 bits per heavy atom. The van der Waals surface area contributed by atoms with Crippen LogP contribution in [0.3, 0.4) is 0 Å². The summed E-state index contributed by atoms with van der Waals surface area (Å²) in [7, 11) is 0. The second-order valence-electron chi connectivity index (χ2n) is 3.50. The molecule has 0 saturated carbocycles. The average molecular weight is 220 g/mol. The summed E-state index contributed by atoms with van der Waals surface area (Å²) in [4.78, 5) is 33.1. The van der Waals surface area contributed by atoms with Crippen molar-refractivity contribution in [1.29, 1.82) is 0 Å². The Bertz CT molecular complexity index is 383. The lowest BCUT2D eigenvalue weighted by molar-refractivity contribution is -0.147. The highest BCUT2D eigenvalue weighted by Crippen LogP contribution is 2.23. The average Bonchev–Trinajstić information content (AvgIpc) is 2.25. The van der Waals surface area contributed by atoms with Crippen molar-refractivity contribution in [2.24, 2.45) is 5.92 Å². The molecule has 0 radical (unpaired) electrons. The van der Waals surface area contributed by atoms with E-state index < -0.39 is 23.6 Å². The number of Topliss-reactive ketones (excluding diaryl/α,β-unsaturated/α-hetero) is 1. The van der Waals surface area contributed by atoms with E-state index >= 15 is 0 Å². The van der Waals surface area contributed by atoms with Crippen molar-refractivity contribution in [3.05, 3.63) is 35.9 Å². The van der Waals surface area contributed by atoms with E-state index in [9.17, 15) is 14.4 Å². The molecule has 16 heavy (non-hydrogen) atoms. The molecule has 0 aliphatic rings. The van der Waals surface area contributed by atoms with Crippen LogP contribution in [0.5, 0.6) is 0 Å². The maximum Gasteiger partial charge on any atom is 0.315 e. The van der Waals surface area contributed by atoms with Crippen LogP contribution in [0.4, 0.5) is 0 Å². The van der Waals surface area contributed by atoms with E-state index in [1.807, 2.05) is 0 Å². The second kappa shape index (κ2) is 5.21. The largest absolute Gasteiger partial charge is 0.481 e. The zero-order chi connectivity index (χ0) is 12.1. The van der Waals surface area contributed by atoms with Gasteiger partial charge in [-0.05, 0) is 12.5 Å². The minimum atomic E-state index is -1.31. The van der Waals surface area contributed by atoms with E-state index in [4.69, 9.17) is 5.11 Å². The van der Waals surface area contributed by atoms with Gasteiger partial charge in [-0.25, -0.2) is 0 Å². The van der Waals surface area contributed by atoms with E-state index in [2.05, 4.69) is 0 Å². The smallest absolute Gasteiger partial charge is 0.315 e. The van der Waals surface area contributed by atoms with E-state index in [-0.39, 0.29) is 0 Å². The normalized spacial score (nSPS) is 13.8. The van der Waals surface area contributed by atoms with Crippen LogP contribution in [-0.2, 0) is 14.4 Å². The number of ketones is 1. The van der Waals surface area contributed by atoms with E-state index in [0.717, 1.165) is 0 Å². The highest BCUT2D eigenvalue weighted by atomic mass is 16.4. The Hall–Kier alpha value is -1.97. The minimum absolute atomic E-state index is 0.509. The van der Waals surface area contributed by atoms with Gasteiger partial charge >= 0.3 is 5.97 Å². The van der Waals surface area contributed by atoms with Gasteiger partial charge in [0.1, 0.15) is 18.0 Å². The fourth-order valence-corrected chi connectivity index (χ4v) is 1.61. The topological polar surface area (TPSA) is 71.4 Å². The van der Waals surface area contributed by atoms with Gasteiger partial charge in [-0.2, -0.15) is 0 Å². The molecule has 0 fully saturated rings. The van der Waals surface area contributed by atoms with Crippen LogP contribution in [-0.4, -0.2) is 23.1 Å². The molecule has 0 bridgehead atoms. The standard InChI is InChI=1S/C12H12O4/c1-8(14)11(12(15)16)10(7-13)9-5-3-2-4-6-9/h2-7,10-11H,1H3,(H,15,16). The van der Waals surface area contributed by atoms with Gasteiger partial charge in [0.2, 0.25) is 0 Å². The van der Waals surface area contributed by atoms with Crippen LogP contribution in [0.1, 0.15) is 18.4 Å². The van der Waals surface area contributed by atoms with Crippen molar-refractivity contribution >= 4 is 18.0 Å². The Morgan fingerprint density at radius 3 is 2.19 bits per heavy atom. The number of carboxylic acids is 1. The summed E-state index contributed by atoms with van der Waals surface area (Å²) in [5, 5.41) is 8.93. The molecule has 1 aromatic carbocycles. The van der Waals surface area contributed by atoms with E-state index in [1.165, 1.54) is 6.92 Å². The Morgan fingerprint density at radius 2 is 1.81 bits per heavy atom. The first-order valence-corrected chi connectivity index (χ1v) is 4.81. The third-order valence-corrected chi connectivity index (χ3v) is 2.39. The highest BCUT2D eigenvalue weighted by molar-refractivity contribution is 6.00. The fourth-order valence-electron chi connectivity index (χ4n) is 1.61. The molecule has 1 N–H and O–H groups in total. The zero-order valence-corrected chi connectivity index (χ0v) is 8.79. The van der Waals surface area contributed by atoms with Crippen LogP contribution >= 0.6 is 0 Å². The molecule has 2 unspecified atom stereocenters. The second-order valence-corrected chi connectivity index (χ2v) is 3.50. The van der Waals surface area contributed by atoms with Crippen molar-refractivity contribution in [2.45, 2.75) is 12.8 Å². The van der Waals surface area contributed by atoms with Crippen molar-refractivity contribution in [1.82, 2.24) is 0 Å². The molecule has 1 aromatic rings. The third kappa shape index (κ3) is 2.53. The fraction of sp³-hybridized carbons (Fsp3) is 0.250. The third-order valence-electron chi connectivity index (χ3n) is 2.39. The minimum Gasteiger partial charge on any atom is -0.481 e. The summed E-state index contributed by atoms with van der Waals surface area (Å²) in [6.45, 7) is 1.18. The molecular weight excluding hydrogens is 208 g/mol. The Kier molecular flexibility index (Phi) is 3.94. The van der Waals surface area contributed by atoms with Crippen LogP contribution in [0.2, 0.25) is 0 Å². The molecule has 0 heterocycles. The van der Waals surface area contributed by atoms with Gasteiger partial charge in [0.05, 0.1) is 5.92 Å². The van der Waals surface area contributed by atoms with Crippen molar-refractivity contribution in [2.75, 3.05) is 0 Å². The van der Waals surface area contributed by atoms with Crippen molar-refractivity contribution in [3.63, 3.8) is 0 Å². The number of rotatable bonds is 5. The maximum absolute atomic E-state index is 11.2.